The number of amides is 1. The first-order valence-electron chi connectivity index (χ1n) is 5.20. The number of hydrogen-bond donors (Lipinski definition) is 2. The zero-order valence-corrected chi connectivity index (χ0v) is 9.94. The van der Waals surface area contributed by atoms with Crippen LogP contribution in [0.3, 0.4) is 0 Å². The highest BCUT2D eigenvalue weighted by molar-refractivity contribution is 6.10. The zero-order valence-electron chi connectivity index (χ0n) is 9.94. The predicted octanol–water partition coefficient (Wildman–Crippen LogP) is 1.53. The Bertz CT molecular complexity index is 603. The number of aromatic amines is 1. The second-order valence-electron chi connectivity index (χ2n) is 3.51. The van der Waals surface area contributed by atoms with Gasteiger partial charge in [-0.1, -0.05) is 6.07 Å². The maximum atomic E-state index is 11.6. The third kappa shape index (κ3) is 1.77. The van der Waals surface area contributed by atoms with Gasteiger partial charge in [0, 0.05) is 0 Å². The second-order valence-corrected chi connectivity index (χ2v) is 3.51. The first-order valence-corrected chi connectivity index (χ1v) is 5.20. The van der Waals surface area contributed by atoms with Crippen LogP contribution in [0.5, 0.6) is 5.75 Å². The molecular weight excluding hydrogens is 236 g/mol. The van der Waals surface area contributed by atoms with E-state index in [9.17, 15) is 9.59 Å². The third-order valence-electron chi connectivity index (χ3n) is 2.60. The van der Waals surface area contributed by atoms with Crippen molar-refractivity contribution < 1.29 is 19.1 Å². The van der Waals surface area contributed by atoms with Crippen LogP contribution in [0, 0.1) is 0 Å². The summed E-state index contributed by atoms with van der Waals surface area (Å²) in [6.45, 7) is 0. The lowest BCUT2D eigenvalue weighted by atomic mass is 10.2. The number of nitrogens with one attached hydrogen (secondary N) is 2. The van der Waals surface area contributed by atoms with Crippen molar-refractivity contribution in [2.45, 2.75) is 0 Å². The Morgan fingerprint density at radius 1 is 1.39 bits per heavy atom. The summed E-state index contributed by atoms with van der Waals surface area (Å²) >= 11 is 0. The van der Waals surface area contributed by atoms with Gasteiger partial charge in [-0.15, -0.1) is 0 Å². The summed E-state index contributed by atoms with van der Waals surface area (Å²) in [5, 5.41) is 3.13. The lowest BCUT2D eigenvalue weighted by Crippen LogP contribution is -2.06. The lowest BCUT2D eigenvalue weighted by Gasteiger charge is -2.04. The van der Waals surface area contributed by atoms with Gasteiger partial charge in [0.25, 0.3) is 0 Å². The molecule has 2 N–H and O–H groups in total. The summed E-state index contributed by atoms with van der Waals surface area (Å²) in [6, 6.07) is 5.30. The number of carbonyl (C=O) groups excluding carboxylic acids is 2. The van der Waals surface area contributed by atoms with Crippen molar-refractivity contribution in [3.8, 4) is 5.75 Å². The monoisotopic (exact) mass is 248 g/mol. The molecule has 1 heterocycles. The van der Waals surface area contributed by atoms with E-state index >= 15 is 0 Å². The Balaban J connectivity index is 2.76. The molecule has 0 saturated carbocycles. The van der Waals surface area contributed by atoms with Crippen LogP contribution in [0.25, 0.3) is 10.9 Å². The zero-order chi connectivity index (χ0) is 13.1. The third-order valence-corrected chi connectivity index (χ3v) is 2.60. The van der Waals surface area contributed by atoms with Gasteiger partial charge >= 0.3 is 5.97 Å². The number of H-pyrrole nitrogens is 1. The van der Waals surface area contributed by atoms with Gasteiger partial charge in [-0.3, -0.25) is 4.79 Å². The van der Waals surface area contributed by atoms with Crippen LogP contribution in [0.15, 0.2) is 18.2 Å². The maximum Gasteiger partial charge on any atom is 0.356 e. The topological polar surface area (TPSA) is 80.4 Å². The van der Waals surface area contributed by atoms with E-state index in [4.69, 9.17) is 4.74 Å². The van der Waals surface area contributed by atoms with E-state index in [1.165, 1.54) is 14.2 Å². The van der Waals surface area contributed by atoms with Crippen molar-refractivity contribution in [1.82, 2.24) is 4.98 Å². The SMILES string of the molecule is COC(=O)c1[nH]c2cccc(OC)c2c1NC=O. The van der Waals surface area contributed by atoms with Crippen molar-refractivity contribution in [3.63, 3.8) is 0 Å². The minimum Gasteiger partial charge on any atom is -0.496 e. The van der Waals surface area contributed by atoms with Gasteiger partial charge in [-0.2, -0.15) is 0 Å². The molecule has 18 heavy (non-hydrogen) atoms. The number of benzene rings is 1. The van der Waals surface area contributed by atoms with E-state index in [-0.39, 0.29) is 5.69 Å². The molecule has 1 aromatic carbocycles. The molecule has 0 fully saturated rings. The molecule has 0 saturated heterocycles. The van der Waals surface area contributed by atoms with E-state index in [0.29, 0.717) is 28.7 Å². The Morgan fingerprint density at radius 2 is 2.17 bits per heavy atom. The van der Waals surface area contributed by atoms with Crippen LogP contribution in [0.2, 0.25) is 0 Å². The van der Waals surface area contributed by atoms with Gasteiger partial charge in [0.15, 0.2) is 0 Å². The fraction of sp³-hybridized carbons (Fsp3) is 0.167. The van der Waals surface area contributed by atoms with Crippen molar-refractivity contribution in [2.24, 2.45) is 0 Å². The van der Waals surface area contributed by atoms with E-state index in [0.717, 1.165) is 0 Å². The summed E-state index contributed by atoms with van der Waals surface area (Å²) in [5.74, 6) is 0.000793. The van der Waals surface area contributed by atoms with Crippen LogP contribution >= 0.6 is 0 Å². The van der Waals surface area contributed by atoms with Crippen LogP contribution in [-0.2, 0) is 9.53 Å². The Hall–Kier alpha value is -2.50. The molecule has 0 bridgehead atoms. The molecule has 0 aliphatic rings. The average molecular weight is 248 g/mol. The molecule has 2 rings (SSSR count). The van der Waals surface area contributed by atoms with Gasteiger partial charge in [0.1, 0.15) is 11.4 Å². The summed E-state index contributed by atoms with van der Waals surface area (Å²) in [6.07, 6.45) is 0.501. The van der Waals surface area contributed by atoms with Gasteiger partial charge in [-0.05, 0) is 12.1 Å². The number of ether oxygens (including phenoxy) is 2. The molecular formula is C12H12N2O4. The molecule has 0 aliphatic heterocycles. The smallest absolute Gasteiger partial charge is 0.356 e. The average Bonchev–Trinajstić information content (AvgIpc) is 2.77. The number of anilines is 1. The Labute approximate surface area is 103 Å². The van der Waals surface area contributed by atoms with E-state index < -0.39 is 5.97 Å². The van der Waals surface area contributed by atoms with Crippen LogP contribution < -0.4 is 10.1 Å². The normalized spacial score (nSPS) is 10.1. The van der Waals surface area contributed by atoms with Gasteiger partial charge in [0.05, 0.1) is 30.8 Å². The number of hydrogen-bond acceptors (Lipinski definition) is 4. The van der Waals surface area contributed by atoms with Gasteiger partial charge < -0.3 is 19.8 Å². The number of carbonyl (C=O) groups is 2. The lowest BCUT2D eigenvalue weighted by molar-refractivity contribution is -0.105. The largest absolute Gasteiger partial charge is 0.496 e. The highest BCUT2D eigenvalue weighted by atomic mass is 16.5. The number of aromatic nitrogens is 1. The van der Waals surface area contributed by atoms with E-state index in [1.54, 1.807) is 18.2 Å². The van der Waals surface area contributed by atoms with Crippen LogP contribution in [0.4, 0.5) is 5.69 Å². The van der Waals surface area contributed by atoms with E-state index in [1.807, 2.05) is 0 Å². The molecule has 94 valence electrons. The second kappa shape index (κ2) is 4.79. The van der Waals surface area contributed by atoms with Gasteiger partial charge in [-0.25, -0.2) is 4.79 Å². The van der Waals surface area contributed by atoms with E-state index in [2.05, 4.69) is 15.0 Å². The van der Waals surface area contributed by atoms with Gasteiger partial charge in [0.2, 0.25) is 6.41 Å². The molecule has 6 heteroatoms. The van der Waals surface area contributed by atoms with Crippen molar-refractivity contribution in [3.05, 3.63) is 23.9 Å². The highest BCUT2D eigenvalue weighted by Crippen LogP contribution is 2.35. The summed E-state index contributed by atoms with van der Waals surface area (Å²) in [4.78, 5) is 25.2. The quantitative estimate of drug-likeness (QED) is 0.635. The highest BCUT2D eigenvalue weighted by Gasteiger charge is 2.20. The molecule has 6 nitrogen and oxygen atoms in total. The van der Waals surface area contributed by atoms with Crippen molar-refractivity contribution >= 4 is 29.0 Å². The minimum absolute atomic E-state index is 0.184. The number of fused-ring (bicyclic) bond motifs is 1. The Morgan fingerprint density at radius 3 is 2.78 bits per heavy atom. The first-order chi connectivity index (χ1) is 8.72. The predicted molar refractivity (Wildman–Crippen MR) is 65.9 cm³/mol. The minimum atomic E-state index is -0.558. The molecule has 0 atom stereocenters. The number of methoxy groups -OCH3 is 2. The standard InChI is InChI=1S/C12H12N2O4/c1-17-8-5-3-4-7-9(8)10(13-6-15)11(14-7)12(16)18-2/h3-6,14H,1-2H3,(H,13,15). The van der Waals surface area contributed by atoms with Crippen molar-refractivity contribution in [1.29, 1.82) is 0 Å². The van der Waals surface area contributed by atoms with Crippen LogP contribution in [0.1, 0.15) is 10.5 Å². The molecule has 2 aromatic rings. The first kappa shape index (κ1) is 12.0. The molecule has 0 radical (unpaired) electrons. The molecule has 1 amide bonds. The number of rotatable bonds is 4. The van der Waals surface area contributed by atoms with Crippen molar-refractivity contribution in [2.75, 3.05) is 19.5 Å². The molecule has 0 aliphatic carbocycles. The fourth-order valence-corrected chi connectivity index (χ4v) is 1.84. The summed E-state index contributed by atoms with van der Waals surface area (Å²) in [7, 11) is 2.79. The number of esters is 1. The molecule has 0 spiro atoms. The Kier molecular flexibility index (Phi) is 3.18. The molecule has 0 unspecified atom stereocenters. The van der Waals surface area contributed by atoms with Crippen LogP contribution in [-0.4, -0.2) is 31.6 Å². The summed E-state index contributed by atoms with van der Waals surface area (Å²) in [5.41, 5.74) is 1.22. The molecule has 1 aromatic heterocycles. The fourth-order valence-electron chi connectivity index (χ4n) is 1.84. The maximum absolute atomic E-state index is 11.6. The summed E-state index contributed by atoms with van der Waals surface area (Å²) < 4.78 is 9.87.